The molecule has 13 heavy (non-hydrogen) atoms. The maximum atomic E-state index is 5.46. The number of aromatic nitrogens is 4. The quantitative estimate of drug-likeness (QED) is 0.683. The van der Waals surface area contributed by atoms with E-state index in [1.807, 2.05) is 17.7 Å². The smallest absolute Gasteiger partial charge is 0.165 e. The van der Waals surface area contributed by atoms with Gasteiger partial charge in [-0.3, -0.25) is 0 Å². The summed E-state index contributed by atoms with van der Waals surface area (Å²) in [6, 6.07) is 3.61. The Labute approximate surface area is 75.2 Å². The number of nitrogen functional groups attached to an aromatic ring is 1. The van der Waals surface area contributed by atoms with Gasteiger partial charge in [-0.05, 0) is 12.1 Å². The van der Waals surface area contributed by atoms with Crippen LogP contribution >= 0.6 is 0 Å². The van der Waals surface area contributed by atoms with Gasteiger partial charge >= 0.3 is 0 Å². The molecule has 0 aliphatic rings. The molecule has 2 N–H and O–H groups in total. The Balaban J connectivity index is 2.47. The first kappa shape index (κ1) is 7.72. The lowest BCUT2D eigenvalue weighted by molar-refractivity contribution is 0.919. The van der Waals surface area contributed by atoms with Gasteiger partial charge in [-0.1, -0.05) is 0 Å². The molecule has 0 saturated carbocycles. The number of pyridine rings is 1. The highest BCUT2D eigenvalue weighted by Gasteiger charge is 2.03. The summed E-state index contributed by atoms with van der Waals surface area (Å²) in [6.45, 7) is 0. The van der Waals surface area contributed by atoms with Gasteiger partial charge in [-0.2, -0.15) is 0 Å². The van der Waals surface area contributed by atoms with Crippen molar-refractivity contribution in [3.8, 4) is 11.4 Å². The number of nitrogens with zero attached hydrogens (tertiary/aromatic N) is 4. The van der Waals surface area contributed by atoms with Crippen LogP contribution in [0.15, 0.2) is 24.7 Å². The standard InChI is InChI=1S/C8H9N5/c1-13-5-11-12-8(13)6-2-3-7(9)10-4-6/h2-5H,1H3,(H2,9,10). The number of rotatable bonds is 1. The number of anilines is 1. The monoisotopic (exact) mass is 175 g/mol. The van der Waals surface area contributed by atoms with Crippen LogP contribution < -0.4 is 5.73 Å². The van der Waals surface area contributed by atoms with Gasteiger partial charge in [0, 0.05) is 18.8 Å². The maximum absolute atomic E-state index is 5.46. The number of aryl methyl sites for hydroxylation is 1. The zero-order valence-corrected chi connectivity index (χ0v) is 7.18. The summed E-state index contributed by atoms with van der Waals surface area (Å²) in [5.74, 6) is 1.29. The zero-order valence-electron chi connectivity index (χ0n) is 7.18. The maximum Gasteiger partial charge on any atom is 0.165 e. The Kier molecular flexibility index (Phi) is 1.70. The molecule has 2 aromatic heterocycles. The normalized spacial score (nSPS) is 10.2. The van der Waals surface area contributed by atoms with Crippen LogP contribution in [0.3, 0.4) is 0 Å². The second-order valence-corrected chi connectivity index (χ2v) is 2.74. The van der Waals surface area contributed by atoms with E-state index in [9.17, 15) is 0 Å². The Bertz CT molecular complexity index is 403. The SMILES string of the molecule is Cn1cnnc1-c1ccc(N)nc1. The molecule has 2 heterocycles. The third kappa shape index (κ3) is 1.35. The van der Waals surface area contributed by atoms with Crippen LogP contribution in [0.4, 0.5) is 5.82 Å². The fourth-order valence-electron chi connectivity index (χ4n) is 1.08. The van der Waals surface area contributed by atoms with Crippen molar-refractivity contribution in [1.29, 1.82) is 0 Å². The van der Waals surface area contributed by atoms with Crippen molar-refractivity contribution in [3.63, 3.8) is 0 Å². The molecule has 0 aliphatic heterocycles. The van der Waals surface area contributed by atoms with E-state index in [2.05, 4.69) is 15.2 Å². The minimum absolute atomic E-state index is 0.505. The van der Waals surface area contributed by atoms with E-state index in [4.69, 9.17) is 5.73 Å². The summed E-state index contributed by atoms with van der Waals surface area (Å²) >= 11 is 0. The van der Waals surface area contributed by atoms with Gasteiger partial charge < -0.3 is 10.3 Å². The predicted molar refractivity (Wildman–Crippen MR) is 48.6 cm³/mol. The van der Waals surface area contributed by atoms with Crippen LogP contribution in [-0.2, 0) is 7.05 Å². The summed E-state index contributed by atoms with van der Waals surface area (Å²) in [7, 11) is 1.88. The molecule has 0 unspecified atom stereocenters. The van der Waals surface area contributed by atoms with Crippen molar-refractivity contribution in [2.75, 3.05) is 5.73 Å². The largest absolute Gasteiger partial charge is 0.384 e. The van der Waals surface area contributed by atoms with Crippen LogP contribution in [-0.4, -0.2) is 19.7 Å². The number of nitrogens with two attached hydrogens (primary N) is 1. The average Bonchev–Trinajstić information content (AvgIpc) is 2.53. The van der Waals surface area contributed by atoms with E-state index in [1.54, 1.807) is 18.6 Å². The second kappa shape index (κ2) is 2.85. The molecule has 0 atom stereocenters. The highest BCUT2D eigenvalue weighted by Crippen LogP contribution is 2.14. The van der Waals surface area contributed by atoms with Crippen molar-refractivity contribution in [1.82, 2.24) is 19.7 Å². The molecule has 5 nitrogen and oxygen atoms in total. The summed E-state index contributed by atoms with van der Waals surface area (Å²) in [6.07, 6.45) is 3.32. The highest BCUT2D eigenvalue weighted by atomic mass is 15.2. The molecule has 0 bridgehead atoms. The average molecular weight is 175 g/mol. The van der Waals surface area contributed by atoms with Crippen molar-refractivity contribution in [2.24, 2.45) is 7.05 Å². The lowest BCUT2D eigenvalue weighted by Gasteiger charge is -1.99. The molecular formula is C8H9N5. The van der Waals surface area contributed by atoms with Crippen LogP contribution in [0.5, 0.6) is 0 Å². The minimum atomic E-state index is 0.505. The first-order valence-electron chi connectivity index (χ1n) is 3.83. The Morgan fingerprint density at radius 3 is 2.77 bits per heavy atom. The second-order valence-electron chi connectivity index (χ2n) is 2.74. The van der Waals surface area contributed by atoms with E-state index in [0.717, 1.165) is 11.4 Å². The number of hydrogen-bond donors (Lipinski definition) is 1. The molecule has 0 radical (unpaired) electrons. The fourth-order valence-corrected chi connectivity index (χ4v) is 1.08. The zero-order chi connectivity index (χ0) is 9.26. The van der Waals surface area contributed by atoms with E-state index < -0.39 is 0 Å². The predicted octanol–water partition coefficient (Wildman–Crippen LogP) is 0.459. The van der Waals surface area contributed by atoms with Gasteiger partial charge in [-0.25, -0.2) is 4.98 Å². The number of hydrogen-bond acceptors (Lipinski definition) is 4. The lowest BCUT2D eigenvalue weighted by atomic mass is 10.2. The van der Waals surface area contributed by atoms with Gasteiger partial charge in [0.2, 0.25) is 0 Å². The summed E-state index contributed by atoms with van der Waals surface area (Å²) in [5.41, 5.74) is 6.38. The molecule has 0 aromatic carbocycles. The Morgan fingerprint density at radius 2 is 2.23 bits per heavy atom. The molecule has 2 rings (SSSR count). The molecule has 0 spiro atoms. The fraction of sp³-hybridized carbons (Fsp3) is 0.125. The lowest BCUT2D eigenvalue weighted by Crippen LogP contribution is -1.93. The molecular weight excluding hydrogens is 166 g/mol. The van der Waals surface area contributed by atoms with Crippen molar-refractivity contribution < 1.29 is 0 Å². The van der Waals surface area contributed by atoms with Gasteiger partial charge in [0.25, 0.3) is 0 Å². The molecule has 0 saturated heterocycles. The van der Waals surface area contributed by atoms with Gasteiger partial charge in [-0.15, -0.1) is 10.2 Å². The topological polar surface area (TPSA) is 69.6 Å². The van der Waals surface area contributed by atoms with E-state index in [0.29, 0.717) is 5.82 Å². The van der Waals surface area contributed by atoms with Gasteiger partial charge in [0.05, 0.1) is 0 Å². The molecule has 2 aromatic rings. The third-order valence-corrected chi connectivity index (χ3v) is 1.76. The molecule has 5 heteroatoms. The van der Waals surface area contributed by atoms with E-state index in [-0.39, 0.29) is 0 Å². The summed E-state index contributed by atoms with van der Waals surface area (Å²) < 4.78 is 1.83. The van der Waals surface area contributed by atoms with Crippen molar-refractivity contribution >= 4 is 5.82 Å². The Morgan fingerprint density at radius 1 is 1.38 bits per heavy atom. The molecule has 66 valence electrons. The molecule has 0 amide bonds. The van der Waals surface area contributed by atoms with Gasteiger partial charge in [0.1, 0.15) is 12.1 Å². The van der Waals surface area contributed by atoms with E-state index in [1.165, 1.54) is 0 Å². The van der Waals surface area contributed by atoms with E-state index >= 15 is 0 Å². The van der Waals surface area contributed by atoms with Crippen LogP contribution in [0.1, 0.15) is 0 Å². The van der Waals surface area contributed by atoms with Crippen molar-refractivity contribution in [2.45, 2.75) is 0 Å². The van der Waals surface area contributed by atoms with Crippen LogP contribution in [0, 0.1) is 0 Å². The van der Waals surface area contributed by atoms with Crippen LogP contribution in [0.2, 0.25) is 0 Å². The molecule has 0 fully saturated rings. The third-order valence-electron chi connectivity index (χ3n) is 1.76. The highest BCUT2D eigenvalue weighted by molar-refractivity contribution is 5.55. The summed E-state index contributed by atoms with van der Waals surface area (Å²) in [4.78, 5) is 3.97. The Hall–Kier alpha value is -1.91. The van der Waals surface area contributed by atoms with Gasteiger partial charge in [0.15, 0.2) is 5.82 Å². The van der Waals surface area contributed by atoms with Crippen LogP contribution in [0.25, 0.3) is 11.4 Å². The first-order valence-corrected chi connectivity index (χ1v) is 3.83. The minimum Gasteiger partial charge on any atom is -0.384 e. The van der Waals surface area contributed by atoms with Crippen molar-refractivity contribution in [3.05, 3.63) is 24.7 Å². The first-order chi connectivity index (χ1) is 6.27. The molecule has 0 aliphatic carbocycles. The summed E-state index contributed by atoms with van der Waals surface area (Å²) in [5, 5.41) is 7.72.